The summed E-state index contributed by atoms with van der Waals surface area (Å²) in [6.07, 6.45) is 0.702. The highest BCUT2D eigenvalue weighted by molar-refractivity contribution is 7.16. The largest absolute Gasteiger partial charge is 0.491 e. The minimum absolute atomic E-state index is 0.0850. The first-order chi connectivity index (χ1) is 13.1. The average Bonchev–Trinajstić information content (AvgIpc) is 3.03. The first-order valence-electron chi connectivity index (χ1n) is 9.02. The van der Waals surface area contributed by atoms with Gasteiger partial charge in [-0.2, -0.15) is 0 Å². The Balaban J connectivity index is 1.64. The summed E-state index contributed by atoms with van der Waals surface area (Å²) in [4.78, 5) is 0.992. The topological polar surface area (TPSA) is 68.2 Å². The fraction of sp³-hybridized carbons (Fsp3) is 0.500. The molecule has 1 aromatic heterocycles. The van der Waals surface area contributed by atoms with E-state index >= 15 is 0 Å². The second kappa shape index (κ2) is 9.87. The first-order valence-corrected chi connectivity index (χ1v) is 10.2. The molecule has 3 atom stereocenters. The van der Waals surface area contributed by atoms with Gasteiger partial charge in [-0.25, -0.2) is 0 Å². The predicted molar refractivity (Wildman–Crippen MR) is 106 cm³/mol. The van der Waals surface area contributed by atoms with Crippen LogP contribution in [0.5, 0.6) is 5.75 Å². The summed E-state index contributed by atoms with van der Waals surface area (Å²) in [5.74, 6) is 0.813. The molecule has 2 N–H and O–H groups in total. The van der Waals surface area contributed by atoms with Gasteiger partial charge < -0.3 is 24.4 Å². The maximum absolute atomic E-state index is 10.0. The van der Waals surface area contributed by atoms with E-state index in [9.17, 15) is 10.2 Å². The van der Waals surface area contributed by atoms with E-state index in [0.717, 1.165) is 26.1 Å². The van der Waals surface area contributed by atoms with E-state index in [1.165, 1.54) is 11.3 Å². The average molecular weight is 413 g/mol. The van der Waals surface area contributed by atoms with Crippen molar-refractivity contribution in [3.05, 3.63) is 50.7 Å². The lowest BCUT2D eigenvalue weighted by atomic mass is 9.99. The van der Waals surface area contributed by atoms with Gasteiger partial charge in [0, 0.05) is 24.8 Å². The third-order valence-corrected chi connectivity index (χ3v) is 6.08. The summed E-state index contributed by atoms with van der Waals surface area (Å²) in [5.41, 5.74) is 2.17. The molecule has 0 aliphatic carbocycles. The lowest BCUT2D eigenvalue weighted by Crippen LogP contribution is -2.33. The van der Waals surface area contributed by atoms with E-state index < -0.39 is 6.10 Å². The van der Waals surface area contributed by atoms with Crippen LogP contribution in [-0.4, -0.2) is 49.4 Å². The number of benzene rings is 1. The van der Waals surface area contributed by atoms with Crippen molar-refractivity contribution in [1.29, 1.82) is 0 Å². The van der Waals surface area contributed by atoms with Crippen molar-refractivity contribution in [2.75, 3.05) is 26.9 Å². The van der Waals surface area contributed by atoms with Gasteiger partial charge in [-0.05, 0) is 35.7 Å². The van der Waals surface area contributed by atoms with Crippen LogP contribution in [0.1, 0.15) is 34.9 Å². The zero-order valence-corrected chi connectivity index (χ0v) is 16.8. The fourth-order valence-electron chi connectivity index (χ4n) is 3.16. The monoisotopic (exact) mass is 412 g/mol. The molecule has 0 bridgehead atoms. The zero-order valence-electron chi connectivity index (χ0n) is 15.3. The molecule has 3 rings (SSSR count). The van der Waals surface area contributed by atoms with Crippen molar-refractivity contribution in [3.8, 4) is 5.75 Å². The normalized spacial score (nSPS) is 22.7. The molecule has 0 amide bonds. The van der Waals surface area contributed by atoms with Crippen LogP contribution in [0.15, 0.2) is 30.3 Å². The standard InChI is InChI=1S/C20H25ClO5S/c1-24-6-7-25-16-4-2-13(3-5-16)8-14-9-19(27-20(14)21)18-11-15(23)10-17(12-22)26-18/h2-5,9,15,17-18,22-23H,6-8,10-12H2,1H3. The molecule has 2 heterocycles. The Hall–Kier alpha value is -1.15. The lowest BCUT2D eigenvalue weighted by Gasteiger charge is -2.31. The molecule has 0 spiro atoms. The number of halogens is 1. The van der Waals surface area contributed by atoms with E-state index in [1.54, 1.807) is 7.11 Å². The van der Waals surface area contributed by atoms with Gasteiger partial charge in [-0.15, -0.1) is 11.3 Å². The number of methoxy groups -OCH3 is 1. The van der Waals surface area contributed by atoms with Crippen LogP contribution in [-0.2, 0) is 15.9 Å². The van der Waals surface area contributed by atoms with E-state index in [4.69, 9.17) is 25.8 Å². The van der Waals surface area contributed by atoms with Crippen molar-refractivity contribution in [2.45, 2.75) is 37.6 Å². The van der Waals surface area contributed by atoms with Gasteiger partial charge in [-0.3, -0.25) is 0 Å². The lowest BCUT2D eigenvalue weighted by molar-refractivity contribution is -0.112. The van der Waals surface area contributed by atoms with Gasteiger partial charge in [0.15, 0.2) is 0 Å². The van der Waals surface area contributed by atoms with Gasteiger partial charge in [-0.1, -0.05) is 23.7 Å². The summed E-state index contributed by atoms with van der Waals surface area (Å²) in [6.45, 7) is 1.00. The highest BCUT2D eigenvalue weighted by atomic mass is 35.5. The second-order valence-electron chi connectivity index (χ2n) is 6.66. The third kappa shape index (κ3) is 5.67. The minimum atomic E-state index is -0.462. The number of aliphatic hydroxyl groups excluding tert-OH is 2. The highest BCUT2D eigenvalue weighted by Gasteiger charge is 2.30. The van der Waals surface area contributed by atoms with Crippen LogP contribution in [0.4, 0.5) is 0 Å². The van der Waals surface area contributed by atoms with E-state index in [0.29, 0.717) is 32.5 Å². The van der Waals surface area contributed by atoms with Crippen LogP contribution in [0.2, 0.25) is 4.34 Å². The van der Waals surface area contributed by atoms with Crippen molar-refractivity contribution in [1.82, 2.24) is 0 Å². The third-order valence-electron chi connectivity index (χ3n) is 4.55. The number of hydrogen-bond donors (Lipinski definition) is 2. The predicted octanol–water partition coefficient (Wildman–Crippen LogP) is 3.59. The van der Waals surface area contributed by atoms with Gasteiger partial charge in [0.25, 0.3) is 0 Å². The number of ether oxygens (including phenoxy) is 3. The Bertz CT molecular complexity index is 718. The Morgan fingerprint density at radius 1 is 1.22 bits per heavy atom. The van der Waals surface area contributed by atoms with Crippen LogP contribution >= 0.6 is 22.9 Å². The SMILES string of the molecule is COCCOc1ccc(Cc2cc(C3CC(O)CC(CO)O3)sc2Cl)cc1. The summed E-state index contributed by atoms with van der Waals surface area (Å²) in [6, 6.07) is 9.99. The molecule has 27 heavy (non-hydrogen) atoms. The Labute approximate surface area is 168 Å². The Kier molecular flexibility index (Phi) is 7.52. The molecular weight excluding hydrogens is 388 g/mol. The molecular formula is C20H25ClO5S. The molecule has 1 aliphatic heterocycles. The summed E-state index contributed by atoms with van der Waals surface area (Å²) in [7, 11) is 1.65. The molecule has 7 heteroatoms. The second-order valence-corrected chi connectivity index (χ2v) is 8.35. The van der Waals surface area contributed by atoms with Crippen LogP contribution in [0.25, 0.3) is 0 Å². The van der Waals surface area contributed by atoms with Crippen molar-refractivity contribution >= 4 is 22.9 Å². The highest BCUT2D eigenvalue weighted by Crippen LogP contribution is 2.39. The van der Waals surface area contributed by atoms with E-state index in [1.807, 2.05) is 30.3 Å². The van der Waals surface area contributed by atoms with Crippen LogP contribution in [0, 0.1) is 0 Å². The molecule has 1 aliphatic rings. The molecule has 148 valence electrons. The number of aliphatic hydroxyl groups is 2. The van der Waals surface area contributed by atoms with Gasteiger partial charge in [0.1, 0.15) is 12.4 Å². The Morgan fingerprint density at radius 3 is 2.70 bits per heavy atom. The van der Waals surface area contributed by atoms with Crippen molar-refractivity contribution in [2.24, 2.45) is 0 Å². The molecule has 3 unspecified atom stereocenters. The van der Waals surface area contributed by atoms with Gasteiger partial charge in [0.2, 0.25) is 0 Å². The molecule has 1 fully saturated rings. The number of thiophene rings is 1. The maximum atomic E-state index is 10.0. The summed E-state index contributed by atoms with van der Waals surface area (Å²) >= 11 is 7.93. The number of rotatable bonds is 8. The summed E-state index contributed by atoms with van der Waals surface area (Å²) in [5, 5.41) is 19.4. The van der Waals surface area contributed by atoms with Crippen LogP contribution in [0.3, 0.4) is 0 Å². The quantitative estimate of drug-likeness (QED) is 0.648. The Morgan fingerprint density at radius 2 is 2.00 bits per heavy atom. The summed E-state index contributed by atoms with van der Waals surface area (Å²) < 4.78 is 17.2. The van der Waals surface area contributed by atoms with Crippen LogP contribution < -0.4 is 4.74 Å². The molecule has 1 saturated heterocycles. The number of hydrogen-bond acceptors (Lipinski definition) is 6. The minimum Gasteiger partial charge on any atom is -0.491 e. The fourth-order valence-corrected chi connectivity index (χ4v) is 4.51. The molecule has 2 aromatic rings. The van der Waals surface area contributed by atoms with Gasteiger partial charge in [0.05, 0.1) is 35.9 Å². The molecule has 5 nitrogen and oxygen atoms in total. The van der Waals surface area contributed by atoms with Crippen molar-refractivity contribution in [3.63, 3.8) is 0 Å². The van der Waals surface area contributed by atoms with Gasteiger partial charge >= 0.3 is 0 Å². The molecule has 1 aromatic carbocycles. The van der Waals surface area contributed by atoms with E-state index in [2.05, 4.69) is 0 Å². The molecule has 0 radical (unpaired) electrons. The van der Waals surface area contributed by atoms with Crippen molar-refractivity contribution < 1.29 is 24.4 Å². The maximum Gasteiger partial charge on any atom is 0.119 e. The smallest absolute Gasteiger partial charge is 0.119 e. The zero-order chi connectivity index (χ0) is 19.2. The molecule has 0 saturated carbocycles. The first kappa shape index (κ1) is 20.6. The van der Waals surface area contributed by atoms with E-state index in [-0.39, 0.29) is 18.8 Å².